The summed E-state index contributed by atoms with van der Waals surface area (Å²) in [7, 11) is 0. The van der Waals surface area contributed by atoms with Crippen LogP contribution in [0.5, 0.6) is 0 Å². The van der Waals surface area contributed by atoms with Crippen molar-refractivity contribution >= 4 is 29.1 Å². The van der Waals surface area contributed by atoms with E-state index < -0.39 is 0 Å². The standard InChI is InChI=1S/C13H13NO.ClH/c1-8-11-6-4-5-7-12(11)14-9(2)13(8)10(3)15;/h4-7H,1-3H3;1H. The molecule has 2 rings (SSSR count). The van der Waals surface area contributed by atoms with Crippen LogP contribution in [0, 0.1) is 13.8 Å². The lowest BCUT2D eigenvalue weighted by atomic mass is 9.99. The monoisotopic (exact) mass is 235 g/mol. The quantitative estimate of drug-likeness (QED) is 0.709. The number of carbonyl (C=O) groups excluding carboxylic acids is 1. The second kappa shape index (κ2) is 4.62. The number of aryl methyl sites for hydroxylation is 2. The molecule has 0 atom stereocenters. The molecule has 0 N–H and O–H groups in total. The van der Waals surface area contributed by atoms with Crippen LogP contribution in [0.3, 0.4) is 0 Å². The zero-order chi connectivity index (χ0) is 11.0. The number of pyridine rings is 1. The molecular formula is C13H14ClNO. The molecule has 0 amide bonds. The van der Waals surface area contributed by atoms with Gasteiger partial charge >= 0.3 is 0 Å². The van der Waals surface area contributed by atoms with Crippen molar-refractivity contribution in [3.8, 4) is 0 Å². The Morgan fingerprint density at radius 2 is 1.81 bits per heavy atom. The van der Waals surface area contributed by atoms with Crippen LogP contribution in [-0.4, -0.2) is 10.8 Å². The van der Waals surface area contributed by atoms with Crippen molar-refractivity contribution < 1.29 is 4.79 Å². The van der Waals surface area contributed by atoms with Gasteiger partial charge in [-0.1, -0.05) is 18.2 Å². The topological polar surface area (TPSA) is 30.0 Å². The van der Waals surface area contributed by atoms with Crippen LogP contribution < -0.4 is 0 Å². The van der Waals surface area contributed by atoms with E-state index in [0.717, 1.165) is 27.7 Å². The maximum atomic E-state index is 11.5. The zero-order valence-electron chi connectivity index (χ0n) is 9.57. The Labute approximate surface area is 101 Å². The molecule has 0 saturated carbocycles. The van der Waals surface area contributed by atoms with Gasteiger partial charge in [0, 0.05) is 16.6 Å². The molecule has 2 aromatic rings. The lowest BCUT2D eigenvalue weighted by molar-refractivity contribution is 0.101. The van der Waals surface area contributed by atoms with E-state index in [-0.39, 0.29) is 18.2 Å². The van der Waals surface area contributed by atoms with E-state index in [1.165, 1.54) is 0 Å². The first-order chi connectivity index (χ1) is 7.11. The van der Waals surface area contributed by atoms with Crippen LogP contribution in [0.1, 0.15) is 28.5 Å². The highest BCUT2D eigenvalue weighted by Crippen LogP contribution is 2.22. The number of para-hydroxylation sites is 1. The number of fused-ring (bicyclic) bond motifs is 1. The Balaban J connectivity index is 0.00000128. The minimum Gasteiger partial charge on any atom is -0.294 e. The van der Waals surface area contributed by atoms with Crippen molar-refractivity contribution in [2.75, 3.05) is 0 Å². The molecule has 0 aliphatic carbocycles. The molecule has 0 bridgehead atoms. The molecule has 0 spiro atoms. The summed E-state index contributed by atoms with van der Waals surface area (Å²) in [5.41, 5.74) is 3.57. The van der Waals surface area contributed by atoms with Gasteiger partial charge in [-0.15, -0.1) is 12.4 Å². The first-order valence-electron chi connectivity index (χ1n) is 4.98. The van der Waals surface area contributed by atoms with Crippen molar-refractivity contribution in [2.45, 2.75) is 20.8 Å². The number of carbonyl (C=O) groups is 1. The summed E-state index contributed by atoms with van der Waals surface area (Å²) < 4.78 is 0. The average Bonchev–Trinajstić information content (AvgIpc) is 2.17. The number of benzene rings is 1. The fourth-order valence-corrected chi connectivity index (χ4v) is 2.05. The third-order valence-electron chi connectivity index (χ3n) is 2.69. The molecule has 0 fully saturated rings. The number of nitrogens with zero attached hydrogens (tertiary/aromatic N) is 1. The molecule has 0 aliphatic heterocycles. The first kappa shape index (κ1) is 12.7. The fourth-order valence-electron chi connectivity index (χ4n) is 2.05. The van der Waals surface area contributed by atoms with Crippen molar-refractivity contribution in [1.82, 2.24) is 4.98 Å². The molecular weight excluding hydrogens is 222 g/mol. The van der Waals surface area contributed by atoms with Gasteiger partial charge in [-0.3, -0.25) is 9.78 Å². The van der Waals surface area contributed by atoms with Gasteiger partial charge in [-0.05, 0) is 32.4 Å². The van der Waals surface area contributed by atoms with Gasteiger partial charge in [0.05, 0.1) is 5.52 Å². The fraction of sp³-hybridized carbons (Fsp3) is 0.231. The highest BCUT2D eigenvalue weighted by Gasteiger charge is 2.11. The number of halogens is 1. The van der Waals surface area contributed by atoms with Crippen molar-refractivity contribution in [3.63, 3.8) is 0 Å². The van der Waals surface area contributed by atoms with E-state index in [1.54, 1.807) is 6.92 Å². The number of rotatable bonds is 1. The van der Waals surface area contributed by atoms with Crippen molar-refractivity contribution in [2.24, 2.45) is 0 Å². The van der Waals surface area contributed by atoms with Crippen LogP contribution in [0.4, 0.5) is 0 Å². The molecule has 16 heavy (non-hydrogen) atoms. The third-order valence-corrected chi connectivity index (χ3v) is 2.69. The second-order valence-corrected chi connectivity index (χ2v) is 3.77. The number of ketones is 1. The van der Waals surface area contributed by atoms with Crippen LogP contribution in [0.15, 0.2) is 24.3 Å². The SMILES string of the molecule is CC(=O)c1c(C)nc2ccccc2c1C.Cl. The molecule has 0 radical (unpaired) electrons. The third kappa shape index (κ3) is 1.93. The Hall–Kier alpha value is -1.41. The van der Waals surface area contributed by atoms with Crippen LogP contribution in [0.25, 0.3) is 10.9 Å². The van der Waals surface area contributed by atoms with Gasteiger partial charge in [0.1, 0.15) is 0 Å². The van der Waals surface area contributed by atoms with E-state index >= 15 is 0 Å². The van der Waals surface area contributed by atoms with E-state index in [1.807, 2.05) is 38.1 Å². The van der Waals surface area contributed by atoms with Gasteiger partial charge in [0.2, 0.25) is 0 Å². The Morgan fingerprint density at radius 3 is 2.44 bits per heavy atom. The van der Waals surface area contributed by atoms with Crippen LogP contribution in [0.2, 0.25) is 0 Å². The predicted molar refractivity (Wildman–Crippen MR) is 68.5 cm³/mol. The number of aromatic nitrogens is 1. The van der Waals surface area contributed by atoms with Gasteiger partial charge < -0.3 is 0 Å². The molecule has 84 valence electrons. The molecule has 0 aliphatic rings. The number of hydrogen-bond donors (Lipinski definition) is 0. The molecule has 0 saturated heterocycles. The molecule has 2 nitrogen and oxygen atoms in total. The zero-order valence-corrected chi connectivity index (χ0v) is 10.4. The first-order valence-corrected chi connectivity index (χ1v) is 4.98. The molecule has 0 unspecified atom stereocenters. The normalized spacial score (nSPS) is 9.94. The Kier molecular flexibility index (Phi) is 3.66. The summed E-state index contributed by atoms with van der Waals surface area (Å²) >= 11 is 0. The highest BCUT2D eigenvalue weighted by atomic mass is 35.5. The Bertz CT molecular complexity index is 549. The highest BCUT2D eigenvalue weighted by molar-refractivity contribution is 6.01. The number of Topliss-reactive ketones (excluding diaryl/α,β-unsaturated/α-hetero) is 1. The Morgan fingerprint density at radius 1 is 1.19 bits per heavy atom. The summed E-state index contributed by atoms with van der Waals surface area (Å²) in [6.45, 7) is 5.45. The minimum atomic E-state index is 0. The molecule has 1 aromatic carbocycles. The lowest BCUT2D eigenvalue weighted by Gasteiger charge is -2.09. The van der Waals surface area contributed by atoms with Crippen molar-refractivity contribution in [3.05, 3.63) is 41.1 Å². The minimum absolute atomic E-state index is 0. The van der Waals surface area contributed by atoms with Gasteiger partial charge in [0.25, 0.3) is 0 Å². The molecule has 1 aromatic heterocycles. The predicted octanol–water partition coefficient (Wildman–Crippen LogP) is 3.48. The average molecular weight is 236 g/mol. The summed E-state index contributed by atoms with van der Waals surface area (Å²) in [4.78, 5) is 15.9. The summed E-state index contributed by atoms with van der Waals surface area (Å²) in [5.74, 6) is 0.0863. The maximum absolute atomic E-state index is 11.5. The molecule has 3 heteroatoms. The second-order valence-electron chi connectivity index (χ2n) is 3.77. The van der Waals surface area contributed by atoms with Gasteiger partial charge in [0.15, 0.2) is 5.78 Å². The van der Waals surface area contributed by atoms with E-state index in [4.69, 9.17) is 0 Å². The number of hydrogen-bond acceptors (Lipinski definition) is 2. The van der Waals surface area contributed by atoms with E-state index in [9.17, 15) is 4.79 Å². The van der Waals surface area contributed by atoms with E-state index in [0.29, 0.717) is 0 Å². The summed E-state index contributed by atoms with van der Waals surface area (Å²) in [6, 6.07) is 7.90. The van der Waals surface area contributed by atoms with Crippen LogP contribution >= 0.6 is 12.4 Å². The molecule has 1 heterocycles. The van der Waals surface area contributed by atoms with E-state index in [2.05, 4.69) is 4.98 Å². The smallest absolute Gasteiger partial charge is 0.161 e. The van der Waals surface area contributed by atoms with Crippen molar-refractivity contribution in [1.29, 1.82) is 0 Å². The van der Waals surface area contributed by atoms with Crippen LogP contribution in [-0.2, 0) is 0 Å². The summed E-state index contributed by atoms with van der Waals surface area (Å²) in [6.07, 6.45) is 0. The van der Waals surface area contributed by atoms with Gasteiger partial charge in [-0.25, -0.2) is 0 Å². The lowest BCUT2D eigenvalue weighted by Crippen LogP contribution is -2.03. The maximum Gasteiger partial charge on any atom is 0.161 e. The summed E-state index contributed by atoms with van der Waals surface area (Å²) in [5, 5.41) is 1.06. The largest absolute Gasteiger partial charge is 0.294 e. The van der Waals surface area contributed by atoms with Gasteiger partial charge in [-0.2, -0.15) is 0 Å².